The lowest BCUT2D eigenvalue weighted by Gasteiger charge is -2.36. The third-order valence-corrected chi connectivity index (χ3v) is 5.16. The van der Waals surface area contributed by atoms with E-state index < -0.39 is 17.1 Å². The molecule has 1 aromatic heterocycles. The fourth-order valence-electron chi connectivity index (χ4n) is 3.70. The first-order valence-electron chi connectivity index (χ1n) is 9.34. The molecule has 1 N–H and O–H groups in total. The van der Waals surface area contributed by atoms with Crippen molar-refractivity contribution in [3.05, 3.63) is 63.6 Å². The second-order valence-corrected chi connectivity index (χ2v) is 7.00. The number of rotatable bonds is 6. The van der Waals surface area contributed by atoms with E-state index in [1.54, 1.807) is 22.8 Å². The molecule has 2 aliphatic heterocycles. The maximum atomic E-state index is 13.0. The van der Waals surface area contributed by atoms with Crippen LogP contribution in [0.15, 0.2) is 56.8 Å². The van der Waals surface area contributed by atoms with Gasteiger partial charge in [-0.1, -0.05) is 30.3 Å². The molecular formula is C20H21N5O4. The zero-order chi connectivity index (χ0) is 20.4. The van der Waals surface area contributed by atoms with Crippen LogP contribution in [0.1, 0.15) is 27.7 Å². The number of amides is 1. The molecular weight excluding hydrogens is 374 g/mol. The van der Waals surface area contributed by atoms with Crippen LogP contribution >= 0.6 is 0 Å². The average Bonchev–Trinajstić information content (AvgIpc) is 3.26. The zero-order valence-corrected chi connectivity index (χ0v) is 16.0. The number of hydrogen-bond acceptors (Lipinski definition) is 7. The molecule has 0 spiro atoms. The Balaban J connectivity index is 1.81. The molecule has 2 aromatic rings. The quantitative estimate of drug-likeness (QED) is 0.801. The Kier molecular flexibility index (Phi) is 5.22. The summed E-state index contributed by atoms with van der Waals surface area (Å²) in [6, 6.07) is 9.71. The van der Waals surface area contributed by atoms with Gasteiger partial charge in [-0.2, -0.15) is 5.11 Å². The number of fused-ring (bicyclic) bond motifs is 1. The van der Waals surface area contributed by atoms with Crippen LogP contribution in [0.25, 0.3) is 0 Å². The van der Waals surface area contributed by atoms with Gasteiger partial charge in [0, 0.05) is 26.4 Å². The summed E-state index contributed by atoms with van der Waals surface area (Å²) in [7, 11) is 1.57. The van der Waals surface area contributed by atoms with Crippen LogP contribution < -0.4 is 5.43 Å². The minimum Gasteiger partial charge on any atom is -0.503 e. The molecule has 1 aromatic carbocycles. The monoisotopic (exact) mass is 395 g/mol. The normalized spacial score (nSPS) is 18.1. The Bertz CT molecular complexity index is 1040. The van der Waals surface area contributed by atoms with Gasteiger partial charge in [0.25, 0.3) is 5.91 Å². The summed E-state index contributed by atoms with van der Waals surface area (Å²) >= 11 is 0. The fraction of sp³-hybridized carbons (Fsp3) is 0.350. The van der Waals surface area contributed by atoms with E-state index in [0.717, 1.165) is 5.56 Å². The van der Waals surface area contributed by atoms with Crippen molar-refractivity contribution in [2.75, 3.05) is 33.4 Å². The lowest BCUT2D eigenvalue weighted by Crippen LogP contribution is -2.46. The predicted octanol–water partition coefficient (Wildman–Crippen LogP) is 1.61. The standard InChI is InChI=1S/C20H21N5O4/c1-29-8-7-24-11-14(9-13-5-3-2-4-6-13)25-12-15(16-10-21-23-22-16)18(26)19(27)17(25)20(24)28/h2-6,12,14,27H,7-11H2,1H3/t14-/m0/s1. The minimum atomic E-state index is -0.636. The lowest BCUT2D eigenvalue weighted by atomic mass is 10.00. The van der Waals surface area contributed by atoms with E-state index in [9.17, 15) is 14.7 Å². The number of benzene rings is 1. The minimum absolute atomic E-state index is 0.00508. The molecule has 0 bridgehead atoms. The molecule has 9 nitrogen and oxygen atoms in total. The van der Waals surface area contributed by atoms with Crippen molar-refractivity contribution in [3.8, 4) is 5.75 Å². The first-order chi connectivity index (χ1) is 14.1. The van der Waals surface area contributed by atoms with E-state index in [0.29, 0.717) is 31.8 Å². The van der Waals surface area contributed by atoms with Crippen LogP contribution in [0.2, 0.25) is 0 Å². The molecule has 1 amide bonds. The Hall–Kier alpha value is -3.33. The lowest BCUT2D eigenvalue weighted by molar-refractivity contribution is 0.0592. The number of methoxy groups -OCH3 is 1. The Morgan fingerprint density at radius 3 is 2.72 bits per heavy atom. The second-order valence-electron chi connectivity index (χ2n) is 7.00. The molecule has 9 heteroatoms. The first kappa shape index (κ1) is 19.0. The summed E-state index contributed by atoms with van der Waals surface area (Å²) in [4.78, 5) is 27.4. The van der Waals surface area contributed by atoms with Gasteiger partial charge in [0.15, 0.2) is 11.4 Å². The van der Waals surface area contributed by atoms with Crippen molar-refractivity contribution >= 4 is 11.6 Å². The van der Waals surface area contributed by atoms with Gasteiger partial charge in [0.2, 0.25) is 5.43 Å². The number of aromatic nitrogens is 1. The van der Waals surface area contributed by atoms with Crippen LogP contribution in [-0.4, -0.2) is 59.5 Å². The third-order valence-electron chi connectivity index (χ3n) is 5.16. The molecule has 150 valence electrons. The maximum Gasteiger partial charge on any atom is 0.274 e. The second kappa shape index (κ2) is 7.96. The molecule has 0 saturated heterocycles. The summed E-state index contributed by atoms with van der Waals surface area (Å²) in [5.41, 5.74) is 1.05. The molecule has 2 aliphatic rings. The molecule has 4 rings (SSSR count). The SMILES string of the molecule is COCCN1C[C@H](Cc2ccccc2)n2cc(C3=NN=NC3)c(=O)c(O)c2C1=O. The fourth-order valence-corrected chi connectivity index (χ4v) is 3.70. The van der Waals surface area contributed by atoms with Gasteiger partial charge >= 0.3 is 0 Å². The third kappa shape index (κ3) is 3.56. The Labute approximate surface area is 166 Å². The number of carbonyl (C=O) groups excluding carboxylic acids is 1. The van der Waals surface area contributed by atoms with E-state index in [1.165, 1.54) is 0 Å². The summed E-state index contributed by atoms with van der Waals surface area (Å²) in [6.07, 6.45) is 2.24. The number of hydrogen-bond donors (Lipinski definition) is 1. The highest BCUT2D eigenvalue weighted by atomic mass is 16.5. The van der Waals surface area contributed by atoms with Crippen LogP contribution in [-0.2, 0) is 11.2 Å². The summed E-state index contributed by atoms with van der Waals surface area (Å²) < 4.78 is 6.81. The van der Waals surface area contributed by atoms with Gasteiger partial charge < -0.3 is 19.3 Å². The molecule has 0 fully saturated rings. The number of carbonyl (C=O) groups is 1. The van der Waals surface area contributed by atoms with Crippen molar-refractivity contribution in [3.63, 3.8) is 0 Å². The number of aromatic hydroxyl groups is 1. The summed E-state index contributed by atoms with van der Waals surface area (Å²) in [5, 5.41) is 21.9. The maximum absolute atomic E-state index is 13.0. The molecule has 3 heterocycles. The predicted molar refractivity (Wildman–Crippen MR) is 106 cm³/mol. The van der Waals surface area contributed by atoms with E-state index in [-0.39, 0.29) is 23.8 Å². The largest absolute Gasteiger partial charge is 0.503 e. The van der Waals surface area contributed by atoms with E-state index in [4.69, 9.17) is 4.74 Å². The average molecular weight is 395 g/mol. The van der Waals surface area contributed by atoms with E-state index >= 15 is 0 Å². The van der Waals surface area contributed by atoms with Crippen LogP contribution in [0.3, 0.4) is 0 Å². The first-order valence-corrected chi connectivity index (χ1v) is 9.34. The van der Waals surface area contributed by atoms with Crippen LogP contribution in [0.4, 0.5) is 0 Å². The van der Waals surface area contributed by atoms with Crippen molar-refractivity contribution in [2.24, 2.45) is 15.4 Å². The number of ether oxygens (including phenoxy) is 1. The summed E-state index contributed by atoms with van der Waals surface area (Å²) in [6.45, 7) is 1.35. The zero-order valence-electron chi connectivity index (χ0n) is 16.0. The molecule has 0 aliphatic carbocycles. The van der Waals surface area contributed by atoms with Crippen molar-refractivity contribution in [1.82, 2.24) is 9.47 Å². The molecule has 0 saturated carbocycles. The van der Waals surface area contributed by atoms with Gasteiger partial charge in [0.05, 0.1) is 18.2 Å². The van der Waals surface area contributed by atoms with Crippen molar-refractivity contribution in [2.45, 2.75) is 12.5 Å². The van der Waals surface area contributed by atoms with Crippen LogP contribution in [0, 0.1) is 0 Å². The van der Waals surface area contributed by atoms with Gasteiger partial charge in [-0.15, -0.1) is 5.10 Å². The topological polar surface area (TPSA) is 109 Å². The summed E-state index contributed by atoms with van der Waals surface area (Å²) in [5.74, 6) is -0.961. The molecule has 1 atom stereocenters. The van der Waals surface area contributed by atoms with E-state index in [2.05, 4.69) is 15.4 Å². The molecule has 0 radical (unpaired) electrons. The highest BCUT2D eigenvalue weighted by molar-refractivity contribution is 6.04. The molecule has 29 heavy (non-hydrogen) atoms. The van der Waals surface area contributed by atoms with Gasteiger partial charge in [-0.3, -0.25) is 9.59 Å². The molecule has 0 unspecified atom stereocenters. The highest BCUT2D eigenvalue weighted by Gasteiger charge is 2.35. The number of pyridine rings is 1. The Morgan fingerprint density at radius 2 is 2.03 bits per heavy atom. The Morgan fingerprint density at radius 1 is 1.24 bits per heavy atom. The van der Waals surface area contributed by atoms with E-state index in [1.807, 2.05) is 30.3 Å². The van der Waals surface area contributed by atoms with Gasteiger partial charge in [0.1, 0.15) is 12.3 Å². The van der Waals surface area contributed by atoms with Crippen molar-refractivity contribution < 1.29 is 14.6 Å². The highest BCUT2D eigenvalue weighted by Crippen LogP contribution is 2.29. The van der Waals surface area contributed by atoms with Crippen molar-refractivity contribution in [1.29, 1.82) is 0 Å². The van der Waals surface area contributed by atoms with Gasteiger partial charge in [-0.25, -0.2) is 0 Å². The van der Waals surface area contributed by atoms with Crippen LogP contribution in [0.5, 0.6) is 5.75 Å². The smallest absolute Gasteiger partial charge is 0.274 e. The number of nitrogens with zero attached hydrogens (tertiary/aromatic N) is 5. The van der Waals surface area contributed by atoms with Gasteiger partial charge in [-0.05, 0) is 17.2 Å².